The zero-order chi connectivity index (χ0) is 25.2. The zero-order valence-electron chi connectivity index (χ0n) is 19.8. The Hall–Kier alpha value is -4.17. The number of carbonyl (C=O) groups excluding carboxylic acids is 2. The molecule has 7 nitrogen and oxygen atoms in total. The first-order valence-electron chi connectivity index (χ1n) is 11.6. The van der Waals surface area contributed by atoms with Crippen molar-refractivity contribution in [3.8, 4) is 11.5 Å². The number of ether oxygens (including phenoxy) is 2. The summed E-state index contributed by atoms with van der Waals surface area (Å²) >= 11 is 1.30. The molecule has 2 heterocycles. The molecule has 0 bridgehead atoms. The van der Waals surface area contributed by atoms with Gasteiger partial charge in [0.05, 0.1) is 35.0 Å². The normalized spacial score (nSPS) is 17.1. The van der Waals surface area contributed by atoms with Crippen LogP contribution in [0.3, 0.4) is 0 Å². The van der Waals surface area contributed by atoms with E-state index in [2.05, 4.69) is 4.98 Å². The first-order chi connectivity index (χ1) is 17.5. The Morgan fingerprint density at radius 3 is 2.31 bits per heavy atom. The zero-order valence-corrected chi connectivity index (χ0v) is 20.6. The highest BCUT2D eigenvalue weighted by Gasteiger charge is 2.48. The molecule has 1 aliphatic rings. The summed E-state index contributed by atoms with van der Waals surface area (Å²) in [6.45, 7) is 4.84. The third-order valence-electron chi connectivity index (χ3n) is 5.86. The summed E-state index contributed by atoms with van der Waals surface area (Å²) in [6.07, 6.45) is 0. The maximum atomic E-state index is 13.4. The van der Waals surface area contributed by atoms with Crippen molar-refractivity contribution in [3.05, 3.63) is 89.5 Å². The summed E-state index contributed by atoms with van der Waals surface area (Å²) in [4.78, 5) is 32.7. The van der Waals surface area contributed by atoms with Gasteiger partial charge in [-0.2, -0.15) is 0 Å². The lowest BCUT2D eigenvalue weighted by atomic mass is 9.95. The number of aromatic nitrogens is 1. The molecule has 182 valence electrons. The van der Waals surface area contributed by atoms with Crippen LogP contribution in [0.2, 0.25) is 0 Å². The molecule has 1 saturated heterocycles. The maximum absolute atomic E-state index is 13.4. The molecule has 1 amide bonds. The molecule has 1 atom stereocenters. The number of anilines is 1. The van der Waals surface area contributed by atoms with Crippen LogP contribution in [-0.4, -0.2) is 35.0 Å². The van der Waals surface area contributed by atoms with Gasteiger partial charge in [-0.15, -0.1) is 0 Å². The lowest BCUT2D eigenvalue weighted by molar-refractivity contribution is -0.132. The van der Waals surface area contributed by atoms with Crippen molar-refractivity contribution in [3.63, 3.8) is 0 Å². The van der Waals surface area contributed by atoms with Gasteiger partial charge in [0, 0.05) is 5.56 Å². The highest BCUT2D eigenvalue weighted by atomic mass is 32.1. The van der Waals surface area contributed by atoms with E-state index in [-0.39, 0.29) is 11.3 Å². The van der Waals surface area contributed by atoms with Gasteiger partial charge >= 0.3 is 5.91 Å². The fourth-order valence-electron chi connectivity index (χ4n) is 4.26. The summed E-state index contributed by atoms with van der Waals surface area (Å²) in [5.41, 5.74) is 1.82. The Morgan fingerprint density at radius 1 is 0.944 bits per heavy atom. The molecule has 5 rings (SSSR count). The number of nitrogens with zero attached hydrogens (tertiary/aromatic N) is 2. The number of benzene rings is 3. The van der Waals surface area contributed by atoms with Crippen LogP contribution >= 0.6 is 11.3 Å². The summed E-state index contributed by atoms with van der Waals surface area (Å²) in [5, 5.41) is 11.6. The van der Waals surface area contributed by atoms with E-state index in [0.29, 0.717) is 46.5 Å². The molecule has 1 aliphatic heterocycles. The van der Waals surface area contributed by atoms with Crippen LogP contribution in [0.1, 0.15) is 31.0 Å². The molecule has 0 saturated carbocycles. The molecule has 1 N–H and O–H groups in total. The number of fused-ring (bicyclic) bond motifs is 1. The minimum Gasteiger partial charge on any atom is -0.507 e. The van der Waals surface area contributed by atoms with Crippen molar-refractivity contribution in [1.29, 1.82) is 0 Å². The summed E-state index contributed by atoms with van der Waals surface area (Å²) in [7, 11) is 0. The van der Waals surface area contributed by atoms with E-state index in [1.165, 1.54) is 16.2 Å². The van der Waals surface area contributed by atoms with Gasteiger partial charge in [0.25, 0.3) is 5.78 Å². The number of ketones is 1. The number of rotatable bonds is 7. The standard InChI is InChI=1S/C28H24N2O5S/c1-3-34-19-12-10-18(11-13-19)25(31)23-24(17-8-6-5-7-9-17)30(27(33)26(23)32)28-29-21-15-14-20(35-4-2)16-22(21)36-28/h5-16,24,31H,3-4H2,1-2H3/b25-23+. The SMILES string of the molecule is CCOc1ccc(/C(O)=C2\C(=O)C(=O)N(c3nc4ccc(OCC)cc4s3)C2c2ccccc2)cc1. The second-order valence-electron chi connectivity index (χ2n) is 8.10. The van der Waals surface area contributed by atoms with Crippen molar-refractivity contribution in [2.24, 2.45) is 0 Å². The quantitative estimate of drug-likeness (QED) is 0.198. The average Bonchev–Trinajstić information content (AvgIpc) is 3.43. The van der Waals surface area contributed by atoms with Gasteiger partial charge in [0.15, 0.2) is 5.13 Å². The number of thiazole rings is 1. The van der Waals surface area contributed by atoms with Gasteiger partial charge in [-0.1, -0.05) is 41.7 Å². The fraction of sp³-hybridized carbons (Fsp3) is 0.179. The Morgan fingerprint density at radius 2 is 1.61 bits per heavy atom. The monoisotopic (exact) mass is 500 g/mol. The second-order valence-corrected chi connectivity index (χ2v) is 9.11. The third kappa shape index (κ3) is 4.20. The first-order valence-corrected chi connectivity index (χ1v) is 12.5. The smallest absolute Gasteiger partial charge is 0.301 e. The molecule has 4 aromatic rings. The number of hydrogen-bond donors (Lipinski definition) is 1. The minimum absolute atomic E-state index is 0.0182. The van der Waals surface area contributed by atoms with Gasteiger partial charge in [-0.25, -0.2) is 4.98 Å². The molecule has 1 aromatic heterocycles. The van der Waals surface area contributed by atoms with Crippen LogP contribution < -0.4 is 14.4 Å². The van der Waals surface area contributed by atoms with Gasteiger partial charge in [-0.05, 0) is 61.9 Å². The molecule has 1 fully saturated rings. The van der Waals surface area contributed by atoms with Crippen LogP contribution in [0.5, 0.6) is 11.5 Å². The van der Waals surface area contributed by atoms with E-state index in [1.54, 1.807) is 24.3 Å². The predicted molar refractivity (Wildman–Crippen MR) is 140 cm³/mol. The summed E-state index contributed by atoms with van der Waals surface area (Å²) < 4.78 is 11.9. The van der Waals surface area contributed by atoms with Crippen LogP contribution in [0.25, 0.3) is 16.0 Å². The second kappa shape index (κ2) is 9.83. The number of Topliss-reactive ketones (excluding diaryl/α,β-unsaturated/α-hetero) is 1. The van der Waals surface area contributed by atoms with Crippen molar-refractivity contribution >= 4 is 44.1 Å². The van der Waals surface area contributed by atoms with Crippen molar-refractivity contribution < 1.29 is 24.2 Å². The predicted octanol–water partition coefficient (Wildman–Crippen LogP) is 5.72. The topological polar surface area (TPSA) is 89.0 Å². The highest BCUT2D eigenvalue weighted by molar-refractivity contribution is 7.22. The number of amides is 1. The number of carbonyl (C=O) groups is 2. The lowest BCUT2D eigenvalue weighted by Gasteiger charge is -2.22. The van der Waals surface area contributed by atoms with E-state index in [4.69, 9.17) is 9.47 Å². The van der Waals surface area contributed by atoms with E-state index in [9.17, 15) is 14.7 Å². The van der Waals surface area contributed by atoms with E-state index >= 15 is 0 Å². The number of aliphatic hydroxyl groups excluding tert-OH is 1. The molecule has 0 aliphatic carbocycles. The third-order valence-corrected chi connectivity index (χ3v) is 6.88. The van der Waals surface area contributed by atoms with Crippen molar-refractivity contribution in [1.82, 2.24) is 4.98 Å². The Kier molecular flexibility index (Phi) is 6.43. The Bertz CT molecular complexity index is 1460. The average molecular weight is 501 g/mol. The van der Waals surface area contributed by atoms with Crippen molar-refractivity contribution in [2.75, 3.05) is 18.1 Å². The van der Waals surface area contributed by atoms with Crippen LogP contribution in [-0.2, 0) is 9.59 Å². The molecule has 8 heteroatoms. The molecular weight excluding hydrogens is 476 g/mol. The summed E-state index contributed by atoms with van der Waals surface area (Å²) in [6, 6.07) is 20.6. The molecule has 1 unspecified atom stereocenters. The van der Waals surface area contributed by atoms with Gasteiger partial charge < -0.3 is 14.6 Å². The lowest BCUT2D eigenvalue weighted by Crippen LogP contribution is -2.29. The fourth-order valence-corrected chi connectivity index (χ4v) is 5.28. The van der Waals surface area contributed by atoms with E-state index in [1.807, 2.05) is 62.4 Å². The minimum atomic E-state index is -0.829. The number of hydrogen-bond acceptors (Lipinski definition) is 7. The molecule has 3 aromatic carbocycles. The highest BCUT2D eigenvalue weighted by Crippen LogP contribution is 2.44. The van der Waals surface area contributed by atoms with Crippen LogP contribution in [0.15, 0.2) is 78.4 Å². The molecule has 36 heavy (non-hydrogen) atoms. The van der Waals surface area contributed by atoms with Crippen LogP contribution in [0, 0.1) is 0 Å². The first kappa shape index (κ1) is 23.6. The summed E-state index contributed by atoms with van der Waals surface area (Å²) in [5.74, 6) is -0.384. The Labute approximate surface area is 212 Å². The molecule has 0 radical (unpaired) electrons. The van der Waals surface area contributed by atoms with Crippen molar-refractivity contribution in [2.45, 2.75) is 19.9 Å². The van der Waals surface area contributed by atoms with Gasteiger partial charge in [0.2, 0.25) is 0 Å². The van der Waals surface area contributed by atoms with Gasteiger partial charge in [-0.3, -0.25) is 14.5 Å². The van der Waals surface area contributed by atoms with Gasteiger partial charge in [0.1, 0.15) is 17.3 Å². The largest absolute Gasteiger partial charge is 0.507 e. The van der Waals surface area contributed by atoms with E-state index in [0.717, 1.165) is 4.70 Å². The van der Waals surface area contributed by atoms with E-state index < -0.39 is 17.7 Å². The van der Waals surface area contributed by atoms with Crippen LogP contribution in [0.4, 0.5) is 5.13 Å². The maximum Gasteiger partial charge on any atom is 0.301 e. The Balaban J connectivity index is 1.64. The molecule has 0 spiro atoms. The number of aliphatic hydroxyl groups is 1. The molecular formula is C28H24N2O5S.